The second-order valence-corrected chi connectivity index (χ2v) is 9.60. The van der Waals surface area contributed by atoms with Crippen LogP contribution >= 0.6 is 0 Å². The first kappa shape index (κ1) is 25.1. The van der Waals surface area contributed by atoms with Crippen molar-refractivity contribution >= 4 is 46.2 Å². The van der Waals surface area contributed by atoms with E-state index < -0.39 is 11.3 Å². The standard InChI is InChI=1S/C36H22O6/c37-35-32(24-11-5-2-6-12-24)29(18-16-26-14-8-22-40-26)33-30(41-35)20-19-28-27(17-15-25-13-7-21-39-25)31(36(38)42-34(28)33)23-9-3-1-4-10-23/h1-22H/b17-15+,18-16+. The lowest BCUT2D eigenvalue weighted by Crippen LogP contribution is -2.09. The van der Waals surface area contributed by atoms with Crippen LogP contribution in [-0.4, -0.2) is 0 Å². The molecule has 0 unspecified atom stereocenters. The Balaban J connectivity index is 1.61. The molecule has 0 aliphatic carbocycles. The third kappa shape index (κ3) is 4.51. The molecule has 0 bridgehead atoms. The average molecular weight is 551 g/mol. The van der Waals surface area contributed by atoms with Crippen LogP contribution in [0.4, 0.5) is 0 Å². The van der Waals surface area contributed by atoms with Crippen LogP contribution in [0.5, 0.6) is 0 Å². The van der Waals surface area contributed by atoms with E-state index in [1.54, 1.807) is 48.9 Å². The Labute approximate surface area is 239 Å². The van der Waals surface area contributed by atoms with E-state index in [-0.39, 0.29) is 0 Å². The quantitative estimate of drug-likeness (QED) is 0.152. The second kappa shape index (κ2) is 10.6. The van der Waals surface area contributed by atoms with Gasteiger partial charge < -0.3 is 17.7 Å². The summed E-state index contributed by atoms with van der Waals surface area (Å²) in [6.07, 6.45) is 10.4. The maximum Gasteiger partial charge on any atom is 0.344 e. The summed E-state index contributed by atoms with van der Waals surface area (Å²) in [5.74, 6) is 1.24. The van der Waals surface area contributed by atoms with Gasteiger partial charge in [0.25, 0.3) is 0 Å². The zero-order chi connectivity index (χ0) is 28.5. The van der Waals surface area contributed by atoms with Gasteiger partial charge in [-0.3, -0.25) is 0 Å². The highest BCUT2D eigenvalue weighted by atomic mass is 16.4. The minimum Gasteiger partial charge on any atom is -0.465 e. The van der Waals surface area contributed by atoms with Crippen molar-refractivity contribution < 1.29 is 17.7 Å². The summed E-state index contributed by atoms with van der Waals surface area (Å²) in [7, 11) is 0. The van der Waals surface area contributed by atoms with Crippen LogP contribution in [0.15, 0.2) is 137 Å². The van der Waals surface area contributed by atoms with Crippen molar-refractivity contribution in [3.8, 4) is 22.3 Å². The molecule has 7 aromatic rings. The van der Waals surface area contributed by atoms with Crippen molar-refractivity contribution in [1.82, 2.24) is 0 Å². The van der Waals surface area contributed by atoms with Crippen LogP contribution in [0.1, 0.15) is 22.6 Å². The fourth-order valence-corrected chi connectivity index (χ4v) is 5.20. The van der Waals surface area contributed by atoms with Crippen LogP contribution in [0.2, 0.25) is 0 Å². The summed E-state index contributed by atoms with van der Waals surface area (Å²) in [5, 5.41) is 1.17. The molecule has 4 aromatic heterocycles. The first-order chi connectivity index (χ1) is 20.7. The van der Waals surface area contributed by atoms with E-state index in [1.807, 2.05) is 84.9 Å². The number of hydrogen-bond donors (Lipinski definition) is 0. The van der Waals surface area contributed by atoms with Crippen molar-refractivity contribution in [3.05, 3.63) is 153 Å². The molecule has 6 nitrogen and oxygen atoms in total. The Morgan fingerprint density at radius 3 is 1.62 bits per heavy atom. The lowest BCUT2D eigenvalue weighted by Gasteiger charge is -2.13. The molecule has 0 radical (unpaired) electrons. The van der Waals surface area contributed by atoms with E-state index in [2.05, 4.69) is 0 Å². The van der Waals surface area contributed by atoms with E-state index in [0.717, 1.165) is 5.56 Å². The predicted molar refractivity (Wildman–Crippen MR) is 165 cm³/mol. The summed E-state index contributed by atoms with van der Waals surface area (Å²) in [6.45, 7) is 0. The molecule has 202 valence electrons. The number of fused-ring (bicyclic) bond motifs is 3. The average Bonchev–Trinajstić information content (AvgIpc) is 3.74. The molecule has 6 heteroatoms. The van der Waals surface area contributed by atoms with Crippen molar-refractivity contribution in [3.63, 3.8) is 0 Å². The van der Waals surface area contributed by atoms with Crippen molar-refractivity contribution in [1.29, 1.82) is 0 Å². The third-order valence-electron chi connectivity index (χ3n) is 7.06. The fraction of sp³-hybridized carbons (Fsp3) is 0. The summed E-state index contributed by atoms with van der Waals surface area (Å²) in [5.41, 5.74) is 2.92. The molecule has 42 heavy (non-hydrogen) atoms. The van der Waals surface area contributed by atoms with E-state index in [4.69, 9.17) is 17.7 Å². The predicted octanol–water partition coefficient (Wildman–Crippen LogP) is 8.76. The Hall–Kier alpha value is -5.88. The second-order valence-electron chi connectivity index (χ2n) is 9.60. The Morgan fingerprint density at radius 2 is 1.05 bits per heavy atom. The van der Waals surface area contributed by atoms with Crippen LogP contribution < -0.4 is 11.3 Å². The van der Waals surface area contributed by atoms with Gasteiger partial charge in [-0.2, -0.15) is 0 Å². The summed E-state index contributed by atoms with van der Waals surface area (Å²) >= 11 is 0. The van der Waals surface area contributed by atoms with Gasteiger partial charge in [-0.05, 0) is 71.8 Å². The highest BCUT2D eigenvalue weighted by molar-refractivity contribution is 6.12. The number of benzene rings is 3. The maximum atomic E-state index is 13.8. The van der Waals surface area contributed by atoms with Crippen LogP contribution in [-0.2, 0) is 0 Å². The smallest absolute Gasteiger partial charge is 0.344 e. The van der Waals surface area contributed by atoms with E-state index >= 15 is 0 Å². The molecule has 0 atom stereocenters. The molecular weight excluding hydrogens is 528 g/mol. The van der Waals surface area contributed by atoms with Gasteiger partial charge in [0.2, 0.25) is 0 Å². The Bertz CT molecular complexity index is 2200. The molecule has 4 heterocycles. The van der Waals surface area contributed by atoms with Gasteiger partial charge in [-0.15, -0.1) is 0 Å². The monoisotopic (exact) mass is 550 g/mol. The molecule has 7 rings (SSSR count). The molecule has 0 saturated carbocycles. The topological polar surface area (TPSA) is 86.7 Å². The number of furan rings is 2. The Morgan fingerprint density at radius 1 is 0.500 bits per heavy atom. The van der Waals surface area contributed by atoms with Gasteiger partial charge in [-0.25, -0.2) is 9.59 Å². The maximum absolute atomic E-state index is 13.8. The highest BCUT2D eigenvalue weighted by Crippen LogP contribution is 2.37. The molecule has 0 fully saturated rings. The number of rotatable bonds is 6. The molecule has 3 aromatic carbocycles. The zero-order valence-electron chi connectivity index (χ0n) is 22.2. The van der Waals surface area contributed by atoms with Crippen LogP contribution in [0, 0.1) is 0 Å². The van der Waals surface area contributed by atoms with Gasteiger partial charge in [-0.1, -0.05) is 60.7 Å². The lowest BCUT2D eigenvalue weighted by atomic mass is 9.93. The van der Waals surface area contributed by atoms with Gasteiger partial charge in [0.05, 0.1) is 29.0 Å². The summed E-state index contributed by atoms with van der Waals surface area (Å²) < 4.78 is 23.0. The van der Waals surface area contributed by atoms with Crippen LogP contribution in [0.25, 0.3) is 68.5 Å². The minimum atomic E-state index is -0.520. The molecule has 0 spiro atoms. The zero-order valence-corrected chi connectivity index (χ0v) is 22.2. The fourth-order valence-electron chi connectivity index (χ4n) is 5.20. The molecule has 0 aliphatic rings. The highest BCUT2D eigenvalue weighted by Gasteiger charge is 2.22. The van der Waals surface area contributed by atoms with E-state index in [0.29, 0.717) is 61.3 Å². The Kier molecular flexibility index (Phi) is 6.33. The number of hydrogen-bond acceptors (Lipinski definition) is 6. The van der Waals surface area contributed by atoms with Crippen molar-refractivity contribution in [2.24, 2.45) is 0 Å². The molecule has 0 amide bonds. The lowest BCUT2D eigenvalue weighted by molar-refractivity contribution is 0.553. The molecule has 0 saturated heterocycles. The van der Waals surface area contributed by atoms with Crippen LogP contribution in [0.3, 0.4) is 0 Å². The van der Waals surface area contributed by atoms with Crippen molar-refractivity contribution in [2.75, 3.05) is 0 Å². The third-order valence-corrected chi connectivity index (χ3v) is 7.06. The molecular formula is C36H22O6. The normalized spacial score (nSPS) is 11.8. The first-order valence-electron chi connectivity index (χ1n) is 13.3. The van der Waals surface area contributed by atoms with Gasteiger partial charge in [0.15, 0.2) is 5.58 Å². The van der Waals surface area contributed by atoms with E-state index in [1.165, 1.54) is 0 Å². The molecule has 0 aliphatic heterocycles. The molecule has 0 N–H and O–H groups in total. The van der Waals surface area contributed by atoms with Gasteiger partial charge >= 0.3 is 11.3 Å². The van der Waals surface area contributed by atoms with Crippen molar-refractivity contribution in [2.45, 2.75) is 0 Å². The SMILES string of the molecule is O=c1oc2c(ccc3oc(=O)c(-c4ccccc4)c(/C=C/c4ccco4)c32)c(/C=C/c2ccco2)c1-c1ccccc1. The largest absolute Gasteiger partial charge is 0.465 e. The van der Waals surface area contributed by atoms with Gasteiger partial charge in [0, 0.05) is 16.5 Å². The van der Waals surface area contributed by atoms with E-state index in [9.17, 15) is 9.59 Å². The first-order valence-corrected chi connectivity index (χ1v) is 13.3. The summed E-state index contributed by atoms with van der Waals surface area (Å²) in [4.78, 5) is 27.2. The minimum absolute atomic E-state index is 0.294. The van der Waals surface area contributed by atoms with Gasteiger partial charge in [0.1, 0.15) is 17.1 Å². The summed E-state index contributed by atoms with van der Waals surface area (Å²) in [6, 6.07) is 29.4.